The molecule has 0 bridgehead atoms. The first-order valence-electron chi connectivity index (χ1n) is 7.33. The molecule has 0 heterocycles. The molecule has 102 valence electrons. The maximum atomic E-state index is 3.53. The average molecular weight is 248 g/mol. The molecule has 0 radical (unpaired) electrons. The summed E-state index contributed by atoms with van der Waals surface area (Å²) in [5.41, 5.74) is 1.41. The van der Waals surface area contributed by atoms with E-state index in [1.54, 1.807) is 0 Å². The molecule has 0 fully saturated rings. The highest BCUT2D eigenvalue weighted by atomic mass is 15.1. The van der Waals surface area contributed by atoms with Crippen molar-refractivity contribution in [2.45, 2.75) is 39.7 Å². The monoisotopic (exact) mass is 248 g/mol. The number of hydrogen-bond acceptors (Lipinski definition) is 2. The molecule has 0 aromatic heterocycles. The maximum absolute atomic E-state index is 3.53. The Balaban J connectivity index is 2.14. The fourth-order valence-corrected chi connectivity index (χ4v) is 2.05. The molecular weight excluding hydrogens is 220 g/mol. The number of rotatable bonds is 10. The predicted octanol–water partition coefficient (Wildman–Crippen LogP) is 3.29. The molecule has 0 spiro atoms. The Hall–Kier alpha value is -0.860. The minimum Gasteiger partial charge on any atom is -0.315 e. The van der Waals surface area contributed by atoms with Crippen LogP contribution in [0, 0.1) is 0 Å². The molecular formula is C16H28N2. The number of nitrogens with zero attached hydrogens (tertiary/aromatic N) is 1. The summed E-state index contributed by atoms with van der Waals surface area (Å²) in [5.74, 6) is 0. The van der Waals surface area contributed by atoms with Crippen molar-refractivity contribution in [3.63, 3.8) is 0 Å². The molecule has 0 aliphatic rings. The normalized spacial score (nSPS) is 11.1. The van der Waals surface area contributed by atoms with E-state index in [9.17, 15) is 0 Å². The Labute approximate surface area is 112 Å². The van der Waals surface area contributed by atoms with Gasteiger partial charge in [0.05, 0.1) is 0 Å². The van der Waals surface area contributed by atoms with Gasteiger partial charge in [-0.3, -0.25) is 4.90 Å². The lowest BCUT2D eigenvalue weighted by Gasteiger charge is -2.20. The summed E-state index contributed by atoms with van der Waals surface area (Å²) in [4.78, 5) is 2.49. The van der Waals surface area contributed by atoms with Crippen LogP contribution in [0.15, 0.2) is 30.3 Å². The summed E-state index contributed by atoms with van der Waals surface area (Å²) >= 11 is 0. The number of hydrogen-bond donors (Lipinski definition) is 1. The van der Waals surface area contributed by atoms with E-state index in [1.165, 1.54) is 24.8 Å². The van der Waals surface area contributed by atoms with Gasteiger partial charge >= 0.3 is 0 Å². The molecule has 0 unspecified atom stereocenters. The first-order valence-corrected chi connectivity index (χ1v) is 7.33. The number of likely N-dealkylation sites (N-methyl/N-ethyl adjacent to an activating group) is 1. The van der Waals surface area contributed by atoms with Gasteiger partial charge in [-0.1, -0.05) is 57.0 Å². The molecule has 0 aliphatic carbocycles. The average Bonchev–Trinajstić information content (AvgIpc) is 2.42. The van der Waals surface area contributed by atoms with Gasteiger partial charge in [-0.15, -0.1) is 0 Å². The van der Waals surface area contributed by atoms with Crippen LogP contribution in [0.25, 0.3) is 0 Å². The lowest BCUT2D eigenvalue weighted by molar-refractivity contribution is 0.279. The van der Waals surface area contributed by atoms with Crippen LogP contribution in [0.4, 0.5) is 0 Å². The number of nitrogens with one attached hydrogen (secondary N) is 1. The van der Waals surface area contributed by atoms with Crippen molar-refractivity contribution in [1.29, 1.82) is 0 Å². The van der Waals surface area contributed by atoms with E-state index in [2.05, 4.69) is 54.4 Å². The van der Waals surface area contributed by atoms with Gasteiger partial charge < -0.3 is 5.32 Å². The molecule has 2 nitrogen and oxygen atoms in total. The third-order valence-electron chi connectivity index (χ3n) is 3.26. The minimum atomic E-state index is 1.06. The second-order valence-electron chi connectivity index (χ2n) is 4.81. The highest BCUT2D eigenvalue weighted by Crippen LogP contribution is 2.03. The summed E-state index contributed by atoms with van der Waals surface area (Å²) in [6, 6.07) is 10.7. The van der Waals surface area contributed by atoms with Crippen molar-refractivity contribution < 1.29 is 0 Å². The van der Waals surface area contributed by atoms with E-state index < -0.39 is 0 Å². The topological polar surface area (TPSA) is 15.3 Å². The highest BCUT2D eigenvalue weighted by Gasteiger charge is 2.02. The molecule has 1 aromatic rings. The molecule has 2 heteroatoms. The largest absolute Gasteiger partial charge is 0.315 e. The first kappa shape index (κ1) is 15.2. The van der Waals surface area contributed by atoms with E-state index in [1.807, 2.05) is 0 Å². The van der Waals surface area contributed by atoms with Gasteiger partial charge in [0.15, 0.2) is 0 Å². The van der Waals surface area contributed by atoms with Crippen LogP contribution in [0.5, 0.6) is 0 Å². The van der Waals surface area contributed by atoms with Gasteiger partial charge in [0, 0.05) is 19.6 Å². The highest BCUT2D eigenvalue weighted by molar-refractivity contribution is 5.14. The maximum Gasteiger partial charge on any atom is 0.0234 e. The van der Waals surface area contributed by atoms with Crippen LogP contribution in [-0.4, -0.2) is 31.1 Å². The number of benzene rings is 1. The van der Waals surface area contributed by atoms with Crippen molar-refractivity contribution in [3.8, 4) is 0 Å². The molecule has 18 heavy (non-hydrogen) atoms. The third-order valence-corrected chi connectivity index (χ3v) is 3.26. The summed E-state index contributed by atoms with van der Waals surface area (Å²) in [6.07, 6.45) is 3.95. The first-order chi connectivity index (χ1) is 8.86. The lowest BCUT2D eigenvalue weighted by atomic mass is 10.2. The van der Waals surface area contributed by atoms with Gasteiger partial charge in [0.25, 0.3) is 0 Å². The van der Waals surface area contributed by atoms with E-state index in [4.69, 9.17) is 0 Å². The Bertz CT molecular complexity index is 284. The van der Waals surface area contributed by atoms with Crippen LogP contribution in [-0.2, 0) is 6.54 Å². The molecule has 1 aromatic carbocycles. The van der Waals surface area contributed by atoms with Crippen molar-refractivity contribution in [1.82, 2.24) is 10.2 Å². The van der Waals surface area contributed by atoms with Gasteiger partial charge in [0.2, 0.25) is 0 Å². The Morgan fingerprint density at radius 1 is 1.00 bits per heavy atom. The fourth-order valence-electron chi connectivity index (χ4n) is 2.05. The molecule has 1 N–H and O–H groups in total. The molecule has 0 amide bonds. The molecule has 1 rings (SSSR count). The minimum absolute atomic E-state index is 1.06. The summed E-state index contributed by atoms with van der Waals surface area (Å²) in [5, 5.41) is 3.53. The van der Waals surface area contributed by atoms with Crippen molar-refractivity contribution in [3.05, 3.63) is 35.9 Å². The van der Waals surface area contributed by atoms with Crippen LogP contribution in [0.3, 0.4) is 0 Å². The summed E-state index contributed by atoms with van der Waals surface area (Å²) < 4.78 is 0. The van der Waals surface area contributed by atoms with Crippen LogP contribution in [0.1, 0.15) is 38.7 Å². The fraction of sp³-hybridized carbons (Fsp3) is 0.625. The van der Waals surface area contributed by atoms with E-state index in [0.717, 1.165) is 32.7 Å². The molecule has 0 saturated heterocycles. The van der Waals surface area contributed by atoms with Crippen molar-refractivity contribution in [2.24, 2.45) is 0 Å². The second kappa shape index (κ2) is 10.1. The van der Waals surface area contributed by atoms with Crippen molar-refractivity contribution >= 4 is 0 Å². The van der Waals surface area contributed by atoms with Gasteiger partial charge in [-0.25, -0.2) is 0 Å². The Morgan fingerprint density at radius 3 is 2.44 bits per heavy atom. The van der Waals surface area contributed by atoms with Gasteiger partial charge in [0.1, 0.15) is 0 Å². The lowest BCUT2D eigenvalue weighted by Crippen LogP contribution is -2.32. The van der Waals surface area contributed by atoms with Crippen molar-refractivity contribution in [2.75, 3.05) is 26.2 Å². The van der Waals surface area contributed by atoms with E-state index in [-0.39, 0.29) is 0 Å². The second-order valence-corrected chi connectivity index (χ2v) is 4.81. The van der Waals surface area contributed by atoms with E-state index >= 15 is 0 Å². The Morgan fingerprint density at radius 2 is 1.78 bits per heavy atom. The molecule has 0 atom stereocenters. The zero-order valence-corrected chi connectivity index (χ0v) is 12.0. The standard InChI is InChI=1S/C16H28N2/c1-3-5-9-12-17-13-14-18(4-2)15-16-10-7-6-8-11-16/h6-8,10-11,17H,3-5,9,12-15H2,1-2H3. The molecule has 0 saturated carbocycles. The summed E-state index contributed by atoms with van der Waals surface area (Å²) in [7, 11) is 0. The number of unbranched alkanes of at least 4 members (excludes halogenated alkanes) is 2. The Kier molecular flexibility index (Phi) is 8.53. The van der Waals surface area contributed by atoms with E-state index in [0.29, 0.717) is 0 Å². The predicted molar refractivity (Wildman–Crippen MR) is 79.8 cm³/mol. The van der Waals surface area contributed by atoms with Crippen LogP contribution in [0.2, 0.25) is 0 Å². The van der Waals surface area contributed by atoms with Gasteiger partial charge in [-0.2, -0.15) is 0 Å². The SMILES string of the molecule is CCCCCNCCN(CC)Cc1ccccc1. The summed E-state index contributed by atoms with van der Waals surface area (Å²) in [6.45, 7) is 10.1. The van der Waals surface area contributed by atoms with Crippen LogP contribution < -0.4 is 5.32 Å². The quantitative estimate of drug-likeness (QED) is 0.639. The zero-order chi connectivity index (χ0) is 13.1. The zero-order valence-electron chi connectivity index (χ0n) is 12.0. The van der Waals surface area contributed by atoms with Gasteiger partial charge in [-0.05, 0) is 25.1 Å². The third kappa shape index (κ3) is 6.77. The van der Waals surface area contributed by atoms with Crippen LogP contribution >= 0.6 is 0 Å². The molecule has 0 aliphatic heterocycles. The smallest absolute Gasteiger partial charge is 0.0234 e.